The number of esters is 1. The van der Waals surface area contributed by atoms with E-state index in [-0.39, 0.29) is 35.1 Å². The third kappa shape index (κ3) is 3.92. The topological polar surface area (TPSA) is 83.5 Å². The smallest absolute Gasteiger partial charge is 0.744 e. The summed E-state index contributed by atoms with van der Waals surface area (Å²) in [6.07, 6.45) is 0. The standard InChI is InChI=1S/C8H8O5S.Na/c1-13-8(9)6-3-2-4-7(5-6)14(10,11)12;/h2-5H,1H3,(H,10,11,12);/q;+1/p-1. The zero-order valence-electron chi connectivity index (χ0n) is 8.26. The van der Waals surface area contributed by atoms with Gasteiger partial charge in [0.2, 0.25) is 0 Å². The van der Waals surface area contributed by atoms with E-state index in [2.05, 4.69) is 4.74 Å². The Kier molecular flexibility index (Phi) is 5.47. The number of ether oxygens (including phenoxy) is 1. The van der Waals surface area contributed by atoms with Crippen LogP contribution in [0.15, 0.2) is 29.2 Å². The van der Waals surface area contributed by atoms with Gasteiger partial charge < -0.3 is 9.29 Å². The second-order valence-electron chi connectivity index (χ2n) is 2.47. The molecular formula is C8H7NaO5S. The quantitative estimate of drug-likeness (QED) is 0.320. The molecule has 0 heterocycles. The van der Waals surface area contributed by atoms with Crippen LogP contribution in [0.2, 0.25) is 0 Å². The third-order valence-electron chi connectivity index (χ3n) is 1.54. The minimum absolute atomic E-state index is 0. The molecule has 0 fully saturated rings. The number of hydrogen-bond acceptors (Lipinski definition) is 5. The van der Waals surface area contributed by atoms with Gasteiger partial charge in [0.15, 0.2) is 0 Å². The van der Waals surface area contributed by atoms with Gasteiger partial charge in [0.05, 0.1) is 17.6 Å². The molecule has 1 aromatic rings. The van der Waals surface area contributed by atoms with Crippen LogP contribution in [-0.2, 0) is 14.9 Å². The maximum atomic E-state index is 11.0. The van der Waals surface area contributed by atoms with E-state index < -0.39 is 21.0 Å². The first kappa shape index (κ1) is 14.6. The van der Waals surface area contributed by atoms with Crippen LogP contribution in [0.25, 0.3) is 0 Å². The largest absolute Gasteiger partial charge is 1.00 e. The van der Waals surface area contributed by atoms with Crippen molar-refractivity contribution in [3.63, 3.8) is 0 Å². The monoisotopic (exact) mass is 238 g/mol. The van der Waals surface area contributed by atoms with Crippen molar-refractivity contribution >= 4 is 16.1 Å². The molecule has 0 atom stereocenters. The molecule has 0 saturated carbocycles. The number of methoxy groups -OCH3 is 1. The van der Waals surface area contributed by atoms with E-state index in [1.165, 1.54) is 19.2 Å². The molecule has 0 spiro atoms. The molecule has 7 heteroatoms. The number of hydrogen-bond donors (Lipinski definition) is 0. The van der Waals surface area contributed by atoms with Gasteiger partial charge in [0.25, 0.3) is 0 Å². The van der Waals surface area contributed by atoms with Crippen LogP contribution < -0.4 is 29.6 Å². The van der Waals surface area contributed by atoms with E-state index in [1.807, 2.05) is 0 Å². The van der Waals surface area contributed by atoms with Crippen LogP contribution in [0.1, 0.15) is 10.4 Å². The maximum Gasteiger partial charge on any atom is 1.00 e. The minimum Gasteiger partial charge on any atom is -0.744 e. The molecule has 1 aromatic carbocycles. The molecule has 0 bridgehead atoms. The second-order valence-corrected chi connectivity index (χ2v) is 3.85. The Morgan fingerprint density at radius 3 is 2.47 bits per heavy atom. The number of carbonyl (C=O) groups excluding carboxylic acids is 1. The van der Waals surface area contributed by atoms with Gasteiger partial charge >= 0.3 is 35.5 Å². The molecule has 76 valence electrons. The van der Waals surface area contributed by atoms with Gasteiger partial charge in [0.1, 0.15) is 10.1 Å². The summed E-state index contributed by atoms with van der Waals surface area (Å²) < 4.78 is 36.1. The van der Waals surface area contributed by atoms with Crippen molar-refractivity contribution in [2.45, 2.75) is 4.90 Å². The van der Waals surface area contributed by atoms with Crippen LogP contribution in [-0.4, -0.2) is 26.0 Å². The second kappa shape index (κ2) is 5.62. The predicted octanol–water partition coefficient (Wildman–Crippen LogP) is -2.62. The van der Waals surface area contributed by atoms with Crippen molar-refractivity contribution in [1.29, 1.82) is 0 Å². The summed E-state index contributed by atoms with van der Waals surface area (Å²) in [5.74, 6) is -0.685. The maximum absolute atomic E-state index is 11.0. The molecule has 5 nitrogen and oxygen atoms in total. The van der Waals surface area contributed by atoms with Gasteiger partial charge in [-0.2, -0.15) is 0 Å². The summed E-state index contributed by atoms with van der Waals surface area (Å²) in [5, 5.41) is 0. The van der Waals surface area contributed by atoms with E-state index in [0.29, 0.717) is 0 Å². The Labute approximate surface area is 109 Å². The van der Waals surface area contributed by atoms with Gasteiger partial charge in [-0.1, -0.05) is 6.07 Å². The summed E-state index contributed by atoms with van der Waals surface area (Å²) >= 11 is 0. The SMILES string of the molecule is COC(=O)c1cccc(S(=O)(=O)[O-])c1.[Na+]. The Balaban J connectivity index is 0.00000196. The van der Waals surface area contributed by atoms with Gasteiger partial charge in [-0.15, -0.1) is 0 Å². The third-order valence-corrected chi connectivity index (χ3v) is 2.38. The molecule has 1 rings (SSSR count). The average Bonchev–Trinajstić information content (AvgIpc) is 2.15. The van der Waals surface area contributed by atoms with Crippen LogP contribution in [0, 0.1) is 0 Å². The fourth-order valence-electron chi connectivity index (χ4n) is 0.896. The van der Waals surface area contributed by atoms with Crippen molar-refractivity contribution in [3.05, 3.63) is 29.8 Å². The molecule has 15 heavy (non-hydrogen) atoms. The summed E-state index contributed by atoms with van der Waals surface area (Å²) in [6, 6.07) is 4.76. The molecule has 0 N–H and O–H groups in total. The van der Waals surface area contributed by atoms with Gasteiger partial charge in [-0.3, -0.25) is 0 Å². The minimum atomic E-state index is -4.52. The first-order chi connectivity index (χ1) is 6.45. The molecular weight excluding hydrogens is 231 g/mol. The van der Waals surface area contributed by atoms with Gasteiger partial charge in [-0.25, -0.2) is 13.2 Å². The zero-order chi connectivity index (χ0) is 10.8. The summed E-state index contributed by atoms with van der Waals surface area (Å²) in [5.41, 5.74) is 0.0319. The average molecular weight is 238 g/mol. The Morgan fingerprint density at radius 2 is 2.00 bits per heavy atom. The first-order valence-electron chi connectivity index (χ1n) is 3.59. The molecule has 0 aliphatic carbocycles. The van der Waals surface area contributed by atoms with Crippen molar-refractivity contribution < 1.29 is 52.1 Å². The van der Waals surface area contributed by atoms with Crippen LogP contribution >= 0.6 is 0 Å². The van der Waals surface area contributed by atoms with E-state index in [9.17, 15) is 17.8 Å². The van der Waals surface area contributed by atoms with Crippen molar-refractivity contribution in [2.75, 3.05) is 7.11 Å². The number of benzene rings is 1. The fraction of sp³-hybridized carbons (Fsp3) is 0.125. The zero-order valence-corrected chi connectivity index (χ0v) is 11.1. The molecule has 0 aromatic heterocycles. The molecule has 0 aliphatic rings. The molecule has 0 amide bonds. The number of rotatable bonds is 2. The number of carbonyl (C=O) groups is 1. The molecule has 0 aliphatic heterocycles. The van der Waals surface area contributed by atoms with Crippen molar-refractivity contribution in [1.82, 2.24) is 0 Å². The van der Waals surface area contributed by atoms with Gasteiger partial charge in [0, 0.05) is 0 Å². The van der Waals surface area contributed by atoms with Crippen molar-refractivity contribution in [3.8, 4) is 0 Å². The predicted molar refractivity (Wildman–Crippen MR) is 45.7 cm³/mol. The van der Waals surface area contributed by atoms with Crippen LogP contribution in [0.3, 0.4) is 0 Å². The summed E-state index contributed by atoms with van der Waals surface area (Å²) in [4.78, 5) is 10.5. The van der Waals surface area contributed by atoms with Crippen molar-refractivity contribution in [2.24, 2.45) is 0 Å². The summed E-state index contributed by atoms with van der Waals surface area (Å²) in [7, 11) is -3.36. The van der Waals surface area contributed by atoms with Crippen LogP contribution in [0.4, 0.5) is 0 Å². The van der Waals surface area contributed by atoms with E-state index >= 15 is 0 Å². The Morgan fingerprint density at radius 1 is 1.40 bits per heavy atom. The fourth-order valence-corrected chi connectivity index (χ4v) is 1.41. The Hall–Kier alpha value is -0.400. The summed E-state index contributed by atoms with van der Waals surface area (Å²) in [6.45, 7) is 0. The van der Waals surface area contributed by atoms with E-state index in [0.717, 1.165) is 12.1 Å². The van der Waals surface area contributed by atoms with Crippen LogP contribution in [0.5, 0.6) is 0 Å². The normalized spacial score (nSPS) is 10.3. The Bertz CT molecular complexity index is 454. The molecule has 0 unspecified atom stereocenters. The van der Waals surface area contributed by atoms with E-state index in [4.69, 9.17) is 0 Å². The first-order valence-corrected chi connectivity index (χ1v) is 5.00. The van der Waals surface area contributed by atoms with Gasteiger partial charge in [-0.05, 0) is 18.2 Å². The molecule has 0 radical (unpaired) electrons. The molecule has 0 saturated heterocycles. The van der Waals surface area contributed by atoms with E-state index in [1.54, 1.807) is 0 Å².